The molecule has 1 fully saturated rings. The number of rotatable bonds is 5. The lowest BCUT2D eigenvalue weighted by atomic mass is 10.2. The van der Waals surface area contributed by atoms with Gasteiger partial charge in [0.15, 0.2) is 0 Å². The fraction of sp³-hybridized carbons (Fsp3) is 0.429. The quantitative estimate of drug-likeness (QED) is 0.840. The van der Waals surface area contributed by atoms with Crippen LogP contribution < -0.4 is 10.6 Å². The van der Waals surface area contributed by atoms with Crippen molar-refractivity contribution in [3.05, 3.63) is 35.6 Å². The molecule has 20 heavy (non-hydrogen) atoms. The zero-order valence-corrected chi connectivity index (χ0v) is 11.0. The molecule has 0 spiro atoms. The third-order valence-electron chi connectivity index (χ3n) is 3.07. The molecule has 1 saturated heterocycles. The average molecular weight is 280 g/mol. The molecule has 0 bridgehead atoms. The van der Waals surface area contributed by atoms with Crippen molar-refractivity contribution in [2.75, 3.05) is 19.7 Å². The fourth-order valence-corrected chi connectivity index (χ4v) is 1.96. The molecule has 1 heterocycles. The van der Waals surface area contributed by atoms with Gasteiger partial charge in [-0.15, -0.1) is 0 Å². The summed E-state index contributed by atoms with van der Waals surface area (Å²) in [6, 6.07) is 5.14. The zero-order valence-electron chi connectivity index (χ0n) is 11.0. The van der Waals surface area contributed by atoms with Crippen molar-refractivity contribution in [1.82, 2.24) is 10.6 Å². The van der Waals surface area contributed by atoms with Gasteiger partial charge in [-0.3, -0.25) is 9.59 Å². The highest BCUT2D eigenvalue weighted by Crippen LogP contribution is 2.10. The van der Waals surface area contributed by atoms with Crippen molar-refractivity contribution in [3.8, 4) is 0 Å². The lowest BCUT2D eigenvalue weighted by molar-refractivity contribution is -0.120. The van der Waals surface area contributed by atoms with Gasteiger partial charge in [0.2, 0.25) is 5.91 Å². The molecule has 1 aliphatic rings. The molecule has 1 aromatic rings. The highest BCUT2D eigenvalue weighted by atomic mass is 19.1. The Morgan fingerprint density at radius 3 is 2.65 bits per heavy atom. The number of halogens is 1. The van der Waals surface area contributed by atoms with Gasteiger partial charge in [-0.2, -0.15) is 0 Å². The van der Waals surface area contributed by atoms with Crippen LogP contribution >= 0.6 is 0 Å². The maximum Gasteiger partial charge on any atom is 0.251 e. The second-order valence-corrected chi connectivity index (χ2v) is 4.63. The van der Waals surface area contributed by atoms with Gasteiger partial charge < -0.3 is 15.4 Å². The Hall–Kier alpha value is -1.95. The number of hydrogen-bond acceptors (Lipinski definition) is 3. The number of carbonyl (C=O) groups is 2. The minimum absolute atomic E-state index is 0.0757. The van der Waals surface area contributed by atoms with Gasteiger partial charge in [0.25, 0.3) is 5.91 Å². The largest absolute Gasteiger partial charge is 0.376 e. The second kappa shape index (κ2) is 7.00. The minimum atomic E-state index is -0.407. The summed E-state index contributed by atoms with van der Waals surface area (Å²) in [6.07, 6.45) is 2.04. The predicted molar refractivity (Wildman–Crippen MR) is 70.7 cm³/mol. The average Bonchev–Trinajstić information content (AvgIpc) is 2.96. The molecule has 0 radical (unpaired) electrons. The first kappa shape index (κ1) is 14.5. The molecule has 1 unspecified atom stereocenters. The highest BCUT2D eigenvalue weighted by molar-refractivity contribution is 5.96. The lowest BCUT2D eigenvalue weighted by Crippen LogP contribution is -2.39. The Labute approximate surface area is 116 Å². The van der Waals surface area contributed by atoms with Crippen LogP contribution in [0, 0.1) is 5.82 Å². The predicted octanol–water partition coefficient (Wildman–Crippen LogP) is 0.851. The van der Waals surface area contributed by atoms with E-state index in [2.05, 4.69) is 10.6 Å². The van der Waals surface area contributed by atoms with Crippen LogP contribution in [0.1, 0.15) is 23.2 Å². The minimum Gasteiger partial charge on any atom is -0.376 e. The van der Waals surface area contributed by atoms with Crippen molar-refractivity contribution in [2.24, 2.45) is 0 Å². The number of hydrogen-bond donors (Lipinski definition) is 2. The smallest absolute Gasteiger partial charge is 0.251 e. The normalized spacial score (nSPS) is 17.8. The lowest BCUT2D eigenvalue weighted by Gasteiger charge is -2.11. The monoisotopic (exact) mass is 280 g/mol. The first-order valence-electron chi connectivity index (χ1n) is 6.57. The molecule has 6 heteroatoms. The van der Waals surface area contributed by atoms with Crippen LogP contribution in [-0.4, -0.2) is 37.6 Å². The molecule has 5 nitrogen and oxygen atoms in total. The number of carbonyl (C=O) groups excluding carboxylic acids is 2. The van der Waals surface area contributed by atoms with Crippen LogP contribution in [0.3, 0.4) is 0 Å². The van der Waals surface area contributed by atoms with Crippen LogP contribution in [0.4, 0.5) is 4.39 Å². The van der Waals surface area contributed by atoms with E-state index in [1.54, 1.807) is 0 Å². The molecule has 108 valence electrons. The molecule has 2 amide bonds. The number of ether oxygens (including phenoxy) is 1. The second-order valence-electron chi connectivity index (χ2n) is 4.63. The van der Waals surface area contributed by atoms with Crippen LogP contribution in [0.2, 0.25) is 0 Å². The van der Waals surface area contributed by atoms with Gasteiger partial charge in [-0.1, -0.05) is 0 Å². The summed E-state index contributed by atoms with van der Waals surface area (Å²) < 4.78 is 18.1. The Morgan fingerprint density at radius 2 is 2.00 bits per heavy atom. The summed E-state index contributed by atoms with van der Waals surface area (Å²) in [7, 11) is 0. The van der Waals surface area contributed by atoms with E-state index in [1.165, 1.54) is 24.3 Å². The van der Waals surface area contributed by atoms with Gasteiger partial charge in [-0.25, -0.2) is 4.39 Å². The Morgan fingerprint density at radius 1 is 1.25 bits per heavy atom. The van der Waals surface area contributed by atoms with E-state index in [1.807, 2.05) is 0 Å². The Kier molecular flexibility index (Phi) is 5.06. The third kappa shape index (κ3) is 4.31. The summed E-state index contributed by atoms with van der Waals surface area (Å²) >= 11 is 0. The Bertz CT molecular complexity index is 470. The van der Waals surface area contributed by atoms with Crippen molar-refractivity contribution >= 4 is 11.8 Å². The summed E-state index contributed by atoms with van der Waals surface area (Å²) in [6.45, 7) is 1.09. The molecule has 1 atom stereocenters. The number of nitrogens with one attached hydrogen (secondary N) is 2. The highest BCUT2D eigenvalue weighted by Gasteiger charge is 2.16. The number of benzene rings is 1. The Balaban J connectivity index is 1.69. The molecule has 1 aromatic carbocycles. The van der Waals surface area contributed by atoms with E-state index in [0.29, 0.717) is 12.1 Å². The summed E-state index contributed by atoms with van der Waals surface area (Å²) in [4.78, 5) is 23.2. The SMILES string of the molecule is O=C(CNC(=O)c1ccc(F)cc1)NCC1CCCO1. The van der Waals surface area contributed by atoms with E-state index >= 15 is 0 Å². The van der Waals surface area contributed by atoms with E-state index in [9.17, 15) is 14.0 Å². The summed E-state index contributed by atoms with van der Waals surface area (Å²) in [5.41, 5.74) is 0.318. The van der Waals surface area contributed by atoms with Gasteiger partial charge >= 0.3 is 0 Å². The van der Waals surface area contributed by atoms with Crippen molar-refractivity contribution in [1.29, 1.82) is 0 Å². The molecule has 0 saturated carbocycles. The maximum absolute atomic E-state index is 12.7. The van der Waals surface area contributed by atoms with E-state index < -0.39 is 11.7 Å². The van der Waals surface area contributed by atoms with Gasteiger partial charge in [0, 0.05) is 18.7 Å². The van der Waals surface area contributed by atoms with Crippen molar-refractivity contribution < 1.29 is 18.7 Å². The molecule has 2 N–H and O–H groups in total. The first-order chi connectivity index (χ1) is 9.65. The van der Waals surface area contributed by atoms with E-state index in [-0.39, 0.29) is 18.6 Å². The molecular formula is C14H17FN2O3. The topological polar surface area (TPSA) is 67.4 Å². The molecular weight excluding hydrogens is 263 g/mol. The molecule has 0 aliphatic carbocycles. The maximum atomic E-state index is 12.7. The van der Waals surface area contributed by atoms with Crippen molar-refractivity contribution in [3.63, 3.8) is 0 Å². The van der Waals surface area contributed by atoms with Crippen LogP contribution in [-0.2, 0) is 9.53 Å². The number of amides is 2. The summed E-state index contributed by atoms with van der Waals surface area (Å²) in [5, 5.41) is 5.18. The van der Waals surface area contributed by atoms with E-state index in [0.717, 1.165) is 19.4 Å². The zero-order chi connectivity index (χ0) is 14.4. The van der Waals surface area contributed by atoms with E-state index in [4.69, 9.17) is 4.74 Å². The standard InChI is InChI=1S/C14H17FN2O3/c15-11-5-3-10(4-6-11)14(19)17-9-13(18)16-8-12-2-1-7-20-12/h3-6,12H,1-2,7-9H2,(H,16,18)(H,17,19). The molecule has 1 aliphatic heterocycles. The van der Waals surface area contributed by atoms with Gasteiger partial charge in [0.05, 0.1) is 12.6 Å². The van der Waals surface area contributed by atoms with Gasteiger partial charge in [0.1, 0.15) is 5.82 Å². The van der Waals surface area contributed by atoms with Crippen LogP contribution in [0.5, 0.6) is 0 Å². The van der Waals surface area contributed by atoms with Crippen LogP contribution in [0.25, 0.3) is 0 Å². The van der Waals surface area contributed by atoms with Crippen molar-refractivity contribution in [2.45, 2.75) is 18.9 Å². The molecule has 0 aromatic heterocycles. The molecule has 2 rings (SSSR count). The van der Waals surface area contributed by atoms with Gasteiger partial charge in [-0.05, 0) is 37.1 Å². The van der Waals surface area contributed by atoms with Crippen LogP contribution in [0.15, 0.2) is 24.3 Å². The first-order valence-corrected chi connectivity index (χ1v) is 6.57. The third-order valence-corrected chi connectivity index (χ3v) is 3.07. The fourth-order valence-electron chi connectivity index (χ4n) is 1.96. The summed E-state index contributed by atoms with van der Waals surface area (Å²) in [5.74, 6) is -1.08.